The number of hydrogen-bond acceptors (Lipinski definition) is 5. The number of methoxy groups -OCH3 is 1. The van der Waals surface area contributed by atoms with E-state index in [1.807, 2.05) is 25.1 Å². The van der Waals surface area contributed by atoms with Crippen molar-refractivity contribution in [3.63, 3.8) is 0 Å². The number of nitrogens with zero attached hydrogens (tertiary/aromatic N) is 2. The molecule has 0 radical (unpaired) electrons. The molecular weight excluding hydrogens is 336 g/mol. The van der Waals surface area contributed by atoms with E-state index in [0.717, 1.165) is 28.9 Å². The van der Waals surface area contributed by atoms with Crippen LogP contribution in [-0.2, 0) is 0 Å². The molecule has 134 valence electrons. The summed E-state index contributed by atoms with van der Waals surface area (Å²) in [5.41, 5.74) is 0.786. The number of nitrogens with one attached hydrogen (secondary N) is 2. The van der Waals surface area contributed by atoms with Gasteiger partial charge in [-0.25, -0.2) is 9.97 Å². The highest BCUT2D eigenvalue weighted by atomic mass is 35.5. The lowest BCUT2D eigenvalue weighted by Gasteiger charge is -2.18. The van der Waals surface area contributed by atoms with Gasteiger partial charge in [-0.05, 0) is 38.0 Å². The van der Waals surface area contributed by atoms with Gasteiger partial charge in [0.2, 0.25) is 0 Å². The summed E-state index contributed by atoms with van der Waals surface area (Å²) in [7, 11) is 1.64. The summed E-state index contributed by atoms with van der Waals surface area (Å²) in [6.07, 6.45) is 7.64. The SMILES string of the molecule is COc1ccc(Cl)cc1Nc1cc(NC2CCCCCC2)nc(C)n1. The Morgan fingerprint density at radius 3 is 2.48 bits per heavy atom. The van der Waals surface area contributed by atoms with Gasteiger partial charge in [0.15, 0.2) is 0 Å². The van der Waals surface area contributed by atoms with E-state index in [-0.39, 0.29) is 0 Å². The lowest BCUT2D eigenvalue weighted by molar-refractivity contribution is 0.417. The number of anilines is 3. The normalized spacial score (nSPS) is 15.5. The average molecular weight is 361 g/mol. The summed E-state index contributed by atoms with van der Waals surface area (Å²) in [6.45, 7) is 1.90. The molecule has 1 aliphatic rings. The Labute approximate surface area is 154 Å². The number of benzene rings is 1. The van der Waals surface area contributed by atoms with Crippen molar-refractivity contribution in [1.82, 2.24) is 9.97 Å². The van der Waals surface area contributed by atoms with Gasteiger partial charge < -0.3 is 15.4 Å². The lowest BCUT2D eigenvalue weighted by Crippen LogP contribution is -2.19. The maximum absolute atomic E-state index is 6.11. The highest BCUT2D eigenvalue weighted by Crippen LogP contribution is 2.30. The van der Waals surface area contributed by atoms with E-state index < -0.39 is 0 Å². The van der Waals surface area contributed by atoms with Gasteiger partial charge in [0.25, 0.3) is 0 Å². The molecule has 1 aliphatic carbocycles. The fraction of sp³-hybridized carbons (Fsp3) is 0.474. The van der Waals surface area contributed by atoms with Crippen molar-refractivity contribution >= 4 is 28.9 Å². The Morgan fingerprint density at radius 1 is 1.04 bits per heavy atom. The summed E-state index contributed by atoms with van der Waals surface area (Å²) < 4.78 is 5.39. The minimum Gasteiger partial charge on any atom is -0.495 e. The summed E-state index contributed by atoms with van der Waals surface area (Å²) in [5, 5.41) is 7.52. The number of rotatable bonds is 5. The monoisotopic (exact) mass is 360 g/mol. The minimum atomic E-state index is 0.491. The largest absolute Gasteiger partial charge is 0.495 e. The van der Waals surface area contributed by atoms with Crippen molar-refractivity contribution in [3.8, 4) is 5.75 Å². The molecule has 0 aliphatic heterocycles. The highest BCUT2D eigenvalue weighted by Gasteiger charge is 2.14. The van der Waals surface area contributed by atoms with Crippen LogP contribution in [0.1, 0.15) is 44.3 Å². The molecule has 6 heteroatoms. The number of hydrogen-bond donors (Lipinski definition) is 2. The zero-order chi connectivity index (χ0) is 17.6. The second-order valence-corrected chi connectivity index (χ2v) is 6.92. The average Bonchev–Trinajstić information content (AvgIpc) is 2.83. The number of halogens is 1. The topological polar surface area (TPSA) is 59.1 Å². The van der Waals surface area contributed by atoms with E-state index in [1.165, 1.54) is 38.5 Å². The van der Waals surface area contributed by atoms with Gasteiger partial charge in [0.05, 0.1) is 12.8 Å². The predicted octanol–water partition coefficient (Wildman–Crippen LogP) is 5.33. The summed E-state index contributed by atoms with van der Waals surface area (Å²) >= 11 is 6.11. The van der Waals surface area contributed by atoms with Crippen LogP contribution < -0.4 is 15.4 Å². The van der Waals surface area contributed by atoms with Gasteiger partial charge in [0, 0.05) is 17.1 Å². The zero-order valence-electron chi connectivity index (χ0n) is 14.8. The standard InChI is InChI=1S/C19H25ClN4O/c1-13-21-18(23-15-7-5-3-4-6-8-15)12-19(22-13)24-16-11-14(20)9-10-17(16)25-2/h9-12,15H,3-8H2,1-2H3,(H2,21,22,23,24). The van der Waals surface area contributed by atoms with Gasteiger partial charge in [-0.2, -0.15) is 0 Å². The molecule has 2 aromatic rings. The summed E-state index contributed by atoms with van der Waals surface area (Å²) in [5.74, 6) is 3.04. The Bertz CT molecular complexity index is 715. The van der Waals surface area contributed by atoms with E-state index in [2.05, 4.69) is 20.6 Å². The van der Waals surface area contributed by atoms with Crippen molar-refractivity contribution in [2.45, 2.75) is 51.5 Å². The molecule has 1 fully saturated rings. The van der Waals surface area contributed by atoms with Crippen LogP contribution in [0.5, 0.6) is 5.75 Å². The fourth-order valence-corrected chi connectivity index (χ4v) is 3.43. The highest BCUT2D eigenvalue weighted by molar-refractivity contribution is 6.31. The minimum absolute atomic E-state index is 0.491. The molecule has 1 saturated carbocycles. The Kier molecular flexibility index (Phi) is 5.97. The van der Waals surface area contributed by atoms with Crippen molar-refractivity contribution < 1.29 is 4.74 Å². The summed E-state index contributed by atoms with van der Waals surface area (Å²) in [6, 6.07) is 7.90. The molecule has 25 heavy (non-hydrogen) atoms. The van der Waals surface area contributed by atoms with E-state index in [1.54, 1.807) is 13.2 Å². The fourth-order valence-electron chi connectivity index (χ4n) is 3.25. The van der Waals surface area contributed by atoms with Crippen molar-refractivity contribution in [3.05, 3.63) is 35.1 Å². The lowest BCUT2D eigenvalue weighted by atomic mass is 10.1. The van der Waals surface area contributed by atoms with E-state index in [4.69, 9.17) is 16.3 Å². The summed E-state index contributed by atoms with van der Waals surface area (Å²) in [4.78, 5) is 9.03. The smallest absolute Gasteiger partial charge is 0.142 e. The third kappa shape index (κ3) is 4.98. The quantitative estimate of drug-likeness (QED) is 0.706. The van der Waals surface area contributed by atoms with E-state index in [0.29, 0.717) is 11.1 Å². The molecule has 1 aromatic heterocycles. The van der Waals surface area contributed by atoms with Gasteiger partial charge in [-0.15, -0.1) is 0 Å². The van der Waals surface area contributed by atoms with Gasteiger partial charge in [-0.3, -0.25) is 0 Å². The third-order valence-corrected chi connectivity index (χ3v) is 4.70. The van der Waals surface area contributed by atoms with Crippen LogP contribution >= 0.6 is 11.6 Å². The first-order valence-electron chi connectivity index (χ1n) is 8.87. The Balaban J connectivity index is 1.78. The van der Waals surface area contributed by atoms with Crippen molar-refractivity contribution in [2.75, 3.05) is 17.7 Å². The van der Waals surface area contributed by atoms with Gasteiger partial charge in [-0.1, -0.05) is 37.3 Å². The zero-order valence-corrected chi connectivity index (χ0v) is 15.6. The maximum Gasteiger partial charge on any atom is 0.142 e. The van der Waals surface area contributed by atoms with Crippen LogP contribution in [0, 0.1) is 6.92 Å². The molecule has 0 amide bonds. The number of ether oxygens (including phenoxy) is 1. The Hall–Kier alpha value is -2.01. The maximum atomic E-state index is 6.11. The van der Waals surface area contributed by atoms with E-state index >= 15 is 0 Å². The molecule has 2 N–H and O–H groups in total. The number of aryl methyl sites for hydroxylation is 1. The molecule has 0 bridgehead atoms. The van der Waals surface area contributed by atoms with Crippen LogP contribution in [0.25, 0.3) is 0 Å². The second kappa shape index (κ2) is 8.39. The molecular formula is C19H25ClN4O. The predicted molar refractivity (Wildman–Crippen MR) is 103 cm³/mol. The molecule has 1 aromatic carbocycles. The van der Waals surface area contributed by atoms with E-state index in [9.17, 15) is 0 Å². The van der Waals surface area contributed by atoms with Crippen LogP contribution in [0.3, 0.4) is 0 Å². The molecule has 0 spiro atoms. The van der Waals surface area contributed by atoms with Gasteiger partial charge in [0.1, 0.15) is 23.2 Å². The number of aromatic nitrogens is 2. The van der Waals surface area contributed by atoms with Crippen LogP contribution in [0.4, 0.5) is 17.3 Å². The van der Waals surface area contributed by atoms with Gasteiger partial charge >= 0.3 is 0 Å². The Morgan fingerprint density at radius 2 is 1.76 bits per heavy atom. The molecule has 0 unspecified atom stereocenters. The molecule has 0 saturated heterocycles. The third-order valence-electron chi connectivity index (χ3n) is 4.47. The molecule has 1 heterocycles. The first-order chi connectivity index (χ1) is 12.1. The van der Waals surface area contributed by atoms with Crippen LogP contribution in [-0.4, -0.2) is 23.1 Å². The molecule has 5 nitrogen and oxygen atoms in total. The second-order valence-electron chi connectivity index (χ2n) is 6.49. The van der Waals surface area contributed by atoms with Crippen LogP contribution in [0.2, 0.25) is 5.02 Å². The van der Waals surface area contributed by atoms with Crippen molar-refractivity contribution in [2.24, 2.45) is 0 Å². The first kappa shape index (κ1) is 17.8. The first-order valence-corrected chi connectivity index (χ1v) is 9.24. The molecule has 0 atom stereocenters. The van der Waals surface area contributed by atoms with Crippen molar-refractivity contribution in [1.29, 1.82) is 0 Å². The van der Waals surface area contributed by atoms with Crippen LogP contribution in [0.15, 0.2) is 24.3 Å². The molecule has 3 rings (SSSR count).